The lowest BCUT2D eigenvalue weighted by Crippen LogP contribution is -2.42. The zero-order chi connectivity index (χ0) is 19.1. The summed E-state index contributed by atoms with van der Waals surface area (Å²) in [5.41, 5.74) is 0.863. The van der Waals surface area contributed by atoms with Crippen molar-refractivity contribution in [2.75, 3.05) is 6.61 Å². The van der Waals surface area contributed by atoms with Crippen molar-refractivity contribution in [2.45, 2.75) is 39.7 Å². The van der Waals surface area contributed by atoms with Crippen LogP contribution in [0.15, 0.2) is 36.5 Å². The van der Waals surface area contributed by atoms with Gasteiger partial charge < -0.3 is 15.2 Å². The summed E-state index contributed by atoms with van der Waals surface area (Å²) in [7, 11) is 0. The number of benzene rings is 1. The minimum atomic E-state index is -1.06. The number of aliphatic carboxylic acids is 1. The molecule has 0 aliphatic heterocycles. The molecule has 2 rings (SSSR count). The number of hydrogen-bond donors (Lipinski definition) is 2. The van der Waals surface area contributed by atoms with Gasteiger partial charge in [-0.05, 0) is 30.9 Å². The predicted molar refractivity (Wildman–Crippen MR) is 97.7 cm³/mol. The summed E-state index contributed by atoms with van der Waals surface area (Å²) in [6, 6.07) is 8.37. The molecule has 1 atom stereocenters. The summed E-state index contributed by atoms with van der Waals surface area (Å²) < 4.78 is 7.19. The Balaban J connectivity index is 2.28. The van der Waals surface area contributed by atoms with Crippen molar-refractivity contribution in [2.24, 2.45) is 5.92 Å². The van der Waals surface area contributed by atoms with Crippen LogP contribution in [-0.2, 0) is 4.79 Å². The fourth-order valence-corrected chi connectivity index (χ4v) is 2.47. The number of nitrogens with one attached hydrogen (secondary N) is 1. The van der Waals surface area contributed by atoms with Gasteiger partial charge in [-0.1, -0.05) is 39.0 Å². The predicted octanol–water partition coefficient (Wildman–Crippen LogP) is 2.89. The quantitative estimate of drug-likeness (QED) is 0.718. The number of para-hydroxylation sites is 1. The van der Waals surface area contributed by atoms with Crippen molar-refractivity contribution in [3.8, 4) is 11.4 Å². The summed E-state index contributed by atoms with van der Waals surface area (Å²) in [5, 5.41) is 16.2. The SMILES string of the molecule is CCCOc1cn(-c2ccccc2)nc1C(=O)N[C@H](CC(C)C)C(=O)O. The highest BCUT2D eigenvalue weighted by molar-refractivity contribution is 5.97. The molecule has 0 saturated heterocycles. The molecule has 1 aromatic heterocycles. The first kappa shape index (κ1) is 19.5. The third kappa shape index (κ3) is 5.08. The molecule has 0 aliphatic rings. The van der Waals surface area contributed by atoms with Crippen LogP contribution in [0.4, 0.5) is 0 Å². The number of carboxylic acid groups (broad SMARTS) is 1. The first-order valence-electron chi connectivity index (χ1n) is 8.74. The van der Waals surface area contributed by atoms with E-state index >= 15 is 0 Å². The number of hydrogen-bond acceptors (Lipinski definition) is 4. The van der Waals surface area contributed by atoms with Gasteiger partial charge >= 0.3 is 5.97 Å². The fraction of sp³-hybridized carbons (Fsp3) is 0.421. The standard InChI is InChI=1S/C19H25N3O4/c1-4-10-26-16-12-22(14-8-6-5-7-9-14)21-17(16)18(23)20-15(19(24)25)11-13(2)3/h5-9,12-13,15H,4,10-11H2,1-3H3,(H,20,23)(H,24,25)/t15-/m1/s1. The van der Waals surface area contributed by atoms with E-state index in [0.717, 1.165) is 12.1 Å². The normalized spacial score (nSPS) is 12.0. The van der Waals surface area contributed by atoms with Gasteiger partial charge in [-0.3, -0.25) is 4.79 Å². The van der Waals surface area contributed by atoms with Gasteiger partial charge in [0.1, 0.15) is 6.04 Å². The number of ether oxygens (including phenoxy) is 1. The van der Waals surface area contributed by atoms with E-state index in [9.17, 15) is 14.7 Å². The third-order valence-corrected chi connectivity index (χ3v) is 3.69. The molecular formula is C19H25N3O4. The van der Waals surface area contributed by atoms with Crippen molar-refractivity contribution >= 4 is 11.9 Å². The molecule has 7 heteroatoms. The summed E-state index contributed by atoms with van der Waals surface area (Å²) >= 11 is 0. The molecule has 0 radical (unpaired) electrons. The first-order valence-corrected chi connectivity index (χ1v) is 8.74. The van der Waals surface area contributed by atoms with Crippen molar-refractivity contribution in [1.82, 2.24) is 15.1 Å². The van der Waals surface area contributed by atoms with E-state index in [0.29, 0.717) is 18.8 Å². The maximum atomic E-state index is 12.6. The third-order valence-electron chi connectivity index (χ3n) is 3.69. The van der Waals surface area contributed by atoms with Gasteiger partial charge in [0.05, 0.1) is 18.5 Å². The first-order chi connectivity index (χ1) is 12.4. The Morgan fingerprint density at radius 1 is 1.27 bits per heavy atom. The summed E-state index contributed by atoms with van der Waals surface area (Å²) in [6.07, 6.45) is 2.76. The van der Waals surface area contributed by atoms with E-state index in [2.05, 4.69) is 10.4 Å². The molecule has 0 spiro atoms. The van der Waals surface area contributed by atoms with Crippen LogP contribution in [0, 0.1) is 5.92 Å². The van der Waals surface area contributed by atoms with Gasteiger partial charge in [-0.15, -0.1) is 0 Å². The monoisotopic (exact) mass is 359 g/mol. The van der Waals surface area contributed by atoms with Gasteiger partial charge in [-0.2, -0.15) is 5.10 Å². The van der Waals surface area contributed by atoms with Gasteiger partial charge in [0.15, 0.2) is 11.4 Å². The lowest BCUT2D eigenvalue weighted by Gasteiger charge is -2.16. The molecule has 2 aromatic rings. The molecule has 26 heavy (non-hydrogen) atoms. The van der Waals surface area contributed by atoms with Crippen molar-refractivity contribution in [1.29, 1.82) is 0 Å². The van der Waals surface area contributed by atoms with Crippen molar-refractivity contribution in [3.05, 3.63) is 42.2 Å². The maximum Gasteiger partial charge on any atom is 0.326 e. The van der Waals surface area contributed by atoms with Crippen LogP contribution in [0.3, 0.4) is 0 Å². The van der Waals surface area contributed by atoms with Crippen LogP contribution < -0.4 is 10.1 Å². The van der Waals surface area contributed by atoms with E-state index in [4.69, 9.17) is 4.74 Å². The Kier molecular flexibility index (Phi) is 6.77. The summed E-state index contributed by atoms with van der Waals surface area (Å²) in [4.78, 5) is 24.1. The van der Waals surface area contributed by atoms with Crippen molar-refractivity contribution < 1.29 is 19.4 Å². The van der Waals surface area contributed by atoms with E-state index < -0.39 is 17.9 Å². The van der Waals surface area contributed by atoms with Crippen LogP contribution in [0.1, 0.15) is 44.1 Å². The number of rotatable bonds is 9. The van der Waals surface area contributed by atoms with Crippen molar-refractivity contribution in [3.63, 3.8) is 0 Å². The zero-order valence-corrected chi connectivity index (χ0v) is 15.3. The lowest BCUT2D eigenvalue weighted by molar-refractivity contribution is -0.139. The molecule has 0 fully saturated rings. The van der Waals surface area contributed by atoms with E-state index in [1.807, 2.05) is 51.1 Å². The van der Waals surface area contributed by atoms with Crippen LogP contribution in [0.25, 0.3) is 5.69 Å². The van der Waals surface area contributed by atoms with E-state index in [-0.39, 0.29) is 11.6 Å². The molecule has 140 valence electrons. The van der Waals surface area contributed by atoms with Crippen LogP contribution in [0.2, 0.25) is 0 Å². The van der Waals surface area contributed by atoms with Gasteiger partial charge in [0, 0.05) is 0 Å². The number of carbonyl (C=O) groups excluding carboxylic acids is 1. The highest BCUT2D eigenvalue weighted by Gasteiger charge is 2.26. The number of amides is 1. The molecule has 0 unspecified atom stereocenters. The highest BCUT2D eigenvalue weighted by Crippen LogP contribution is 2.20. The lowest BCUT2D eigenvalue weighted by atomic mass is 10.0. The topological polar surface area (TPSA) is 93.5 Å². The Morgan fingerprint density at radius 3 is 2.54 bits per heavy atom. The van der Waals surface area contributed by atoms with E-state index in [1.54, 1.807) is 10.9 Å². The Labute approximate surface area is 153 Å². The largest absolute Gasteiger partial charge is 0.489 e. The van der Waals surface area contributed by atoms with Crippen LogP contribution in [0.5, 0.6) is 5.75 Å². The second kappa shape index (κ2) is 9.03. The molecular weight excluding hydrogens is 334 g/mol. The Bertz CT molecular complexity index is 740. The van der Waals surface area contributed by atoms with Crippen LogP contribution >= 0.6 is 0 Å². The molecule has 1 heterocycles. The van der Waals surface area contributed by atoms with Crippen LogP contribution in [-0.4, -0.2) is 39.4 Å². The maximum absolute atomic E-state index is 12.6. The number of aromatic nitrogens is 2. The molecule has 1 amide bonds. The number of nitrogens with zero attached hydrogens (tertiary/aromatic N) is 2. The van der Waals surface area contributed by atoms with Gasteiger partial charge in [0.2, 0.25) is 0 Å². The molecule has 7 nitrogen and oxygen atoms in total. The molecule has 0 bridgehead atoms. The Hall–Kier alpha value is -2.83. The summed E-state index contributed by atoms with van der Waals surface area (Å²) in [5.74, 6) is -1.15. The minimum Gasteiger partial charge on any atom is -0.489 e. The zero-order valence-electron chi connectivity index (χ0n) is 15.3. The second-order valence-electron chi connectivity index (χ2n) is 6.46. The van der Waals surface area contributed by atoms with Gasteiger partial charge in [-0.25, -0.2) is 9.48 Å². The number of carbonyl (C=O) groups is 2. The molecule has 1 aromatic carbocycles. The average Bonchev–Trinajstić information content (AvgIpc) is 3.04. The smallest absolute Gasteiger partial charge is 0.326 e. The minimum absolute atomic E-state index is 0.0808. The highest BCUT2D eigenvalue weighted by atomic mass is 16.5. The van der Waals surface area contributed by atoms with E-state index in [1.165, 1.54) is 0 Å². The summed E-state index contributed by atoms with van der Waals surface area (Å²) in [6.45, 7) is 6.21. The molecule has 0 aliphatic carbocycles. The second-order valence-corrected chi connectivity index (χ2v) is 6.46. The van der Waals surface area contributed by atoms with Gasteiger partial charge in [0.25, 0.3) is 5.91 Å². The average molecular weight is 359 g/mol. The fourth-order valence-electron chi connectivity index (χ4n) is 2.47. The molecule has 0 saturated carbocycles. The molecule has 2 N–H and O–H groups in total. The number of carboxylic acids is 1. The Morgan fingerprint density at radius 2 is 1.96 bits per heavy atom.